The van der Waals surface area contributed by atoms with Crippen LogP contribution < -0.4 is 0 Å². The predicted molar refractivity (Wildman–Crippen MR) is 80.4 cm³/mol. The van der Waals surface area contributed by atoms with Gasteiger partial charge in [-0.2, -0.15) is 9.57 Å². The molecule has 1 aliphatic carbocycles. The zero-order chi connectivity index (χ0) is 16.3. The molecular weight excluding hydrogens is 302 g/mol. The van der Waals surface area contributed by atoms with E-state index in [0.717, 1.165) is 12.8 Å². The van der Waals surface area contributed by atoms with Gasteiger partial charge in [-0.1, -0.05) is 13.8 Å². The Morgan fingerprint density at radius 3 is 2.45 bits per heavy atom. The van der Waals surface area contributed by atoms with Gasteiger partial charge < -0.3 is 0 Å². The van der Waals surface area contributed by atoms with Crippen LogP contribution in [0.1, 0.15) is 38.3 Å². The van der Waals surface area contributed by atoms with Crippen molar-refractivity contribution in [3.63, 3.8) is 0 Å². The average molecular weight is 321 g/mol. The number of Topliss-reactive ketones (excluding diaryl/α,β-unsaturated/α-hetero) is 1. The van der Waals surface area contributed by atoms with Crippen molar-refractivity contribution in [2.24, 2.45) is 5.92 Å². The fourth-order valence-corrected chi connectivity index (χ4v) is 3.71. The maximum atomic E-state index is 12.4. The second-order valence-electron chi connectivity index (χ2n) is 5.25. The highest BCUT2D eigenvalue weighted by molar-refractivity contribution is 7.89. The Bertz CT molecular complexity index is 684. The minimum absolute atomic E-state index is 0.0365. The van der Waals surface area contributed by atoms with Crippen molar-refractivity contribution in [2.75, 3.05) is 13.1 Å². The number of aromatic nitrogens is 1. The van der Waals surface area contributed by atoms with E-state index in [-0.39, 0.29) is 16.6 Å². The largest absolute Gasteiger partial charge is 0.297 e. The lowest BCUT2D eigenvalue weighted by Crippen LogP contribution is -2.30. The van der Waals surface area contributed by atoms with Crippen LogP contribution in [0.25, 0.3) is 0 Å². The summed E-state index contributed by atoms with van der Waals surface area (Å²) in [6.07, 6.45) is 2.88. The molecule has 2 rings (SSSR count). The highest BCUT2D eigenvalue weighted by Gasteiger charge is 2.36. The molecule has 1 atom stereocenters. The lowest BCUT2D eigenvalue weighted by atomic mass is 9.98. The van der Waals surface area contributed by atoms with E-state index in [2.05, 4.69) is 4.98 Å². The number of pyridine rings is 1. The predicted octanol–water partition coefficient (Wildman–Crippen LogP) is 1.70. The molecule has 1 saturated carbocycles. The number of carbonyl (C=O) groups excluding carboxylic acids is 1. The van der Waals surface area contributed by atoms with Crippen LogP contribution in [0.5, 0.6) is 0 Å². The highest BCUT2D eigenvalue weighted by atomic mass is 32.2. The topological polar surface area (TPSA) is 91.1 Å². The molecule has 0 N–H and O–H groups in total. The number of sulfonamides is 1. The van der Waals surface area contributed by atoms with E-state index < -0.39 is 15.9 Å². The Labute approximate surface area is 130 Å². The highest BCUT2D eigenvalue weighted by Crippen LogP contribution is 2.35. The second kappa shape index (κ2) is 6.55. The van der Waals surface area contributed by atoms with Gasteiger partial charge in [0.1, 0.15) is 10.8 Å². The molecule has 1 aromatic rings. The maximum absolute atomic E-state index is 12.4. The van der Waals surface area contributed by atoms with Gasteiger partial charge in [-0.05, 0) is 25.0 Å². The Morgan fingerprint density at radius 1 is 1.41 bits per heavy atom. The zero-order valence-electron chi connectivity index (χ0n) is 12.7. The fourth-order valence-electron chi connectivity index (χ4n) is 2.31. The molecule has 0 amide bonds. The van der Waals surface area contributed by atoms with Crippen LogP contribution >= 0.6 is 0 Å². The van der Waals surface area contributed by atoms with Crippen LogP contribution in [-0.2, 0) is 14.8 Å². The molecule has 6 nitrogen and oxygen atoms in total. The monoisotopic (exact) mass is 321 g/mol. The second-order valence-corrected chi connectivity index (χ2v) is 7.18. The van der Waals surface area contributed by atoms with E-state index in [0.29, 0.717) is 18.8 Å². The van der Waals surface area contributed by atoms with E-state index >= 15 is 0 Å². The SMILES string of the molecule is CCN(CC)S(=O)(=O)c1ccc([C@@H](C#N)C(=O)C2CC2)nc1. The van der Waals surface area contributed by atoms with Gasteiger partial charge >= 0.3 is 0 Å². The maximum Gasteiger partial charge on any atom is 0.244 e. The third kappa shape index (κ3) is 3.18. The van der Waals surface area contributed by atoms with Gasteiger partial charge in [0.15, 0.2) is 5.78 Å². The summed E-state index contributed by atoms with van der Waals surface area (Å²) in [6, 6.07) is 4.85. The Kier molecular flexibility index (Phi) is 4.94. The van der Waals surface area contributed by atoms with Gasteiger partial charge in [-0.3, -0.25) is 9.78 Å². The number of ketones is 1. The summed E-state index contributed by atoms with van der Waals surface area (Å²) in [5.41, 5.74) is 0.317. The molecule has 0 aliphatic heterocycles. The van der Waals surface area contributed by atoms with Crippen molar-refractivity contribution in [3.8, 4) is 6.07 Å². The van der Waals surface area contributed by atoms with E-state index in [9.17, 15) is 18.5 Å². The Balaban J connectivity index is 2.26. The number of hydrogen-bond donors (Lipinski definition) is 0. The minimum atomic E-state index is -3.57. The standard InChI is InChI=1S/C15H19N3O3S/c1-3-18(4-2)22(20,21)12-7-8-14(17-10-12)13(9-16)15(19)11-5-6-11/h7-8,10-11,13H,3-6H2,1-2H3/t13-/m1/s1. The van der Waals surface area contributed by atoms with Gasteiger partial charge in [0, 0.05) is 25.2 Å². The molecule has 0 spiro atoms. The van der Waals surface area contributed by atoms with E-state index in [1.54, 1.807) is 13.8 Å². The summed E-state index contributed by atoms with van der Waals surface area (Å²) in [5, 5.41) is 9.18. The molecule has 1 heterocycles. The van der Waals surface area contributed by atoms with Crippen LogP contribution in [0.2, 0.25) is 0 Å². The number of hydrogen-bond acceptors (Lipinski definition) is 5. The van der Waals surface area contributed by atoms with Gasteiger partial charge in [-0.15, -0.1) is 0 Å². The number of carbonyl (C=O) groups is 1. The molecule has 1 aliphatic rings. The van der Waals surface area contributed by atoms with E-state index in [1.165, 1.54) is 22.6 Å². The fraction of sp³-hybridized carbons (Fsp3) is 0.533. The van der Waals surface area contributed by atoms with Gasteiger partial charge in [0.2, 0.25) is 10.0 Å². The first-order valence-corrected chi connectivity index (χ1v) is 8.79. The summed E-state index contributed by atoms with van der Waals surface area (Å²) in [5.74, 6) is -1.06. The number of nitrogens with zero attached hydrogens (tertiary/aromatic N) is 3. The summed E-state index contributed by atoms with van der Waals surface area (Å²) in [6.45, 7) is 4.29. The quantitative estimate of drug-likeness (QED) is 0.762. The molecule has 118 valence electrons. The van der Waals surface area contributed by atoms with Crippen molar-refractivity contribution >= 4 is 15.8 Å². The molecule has 1 fully saturated rings. The molecule has 7 heteroatoms. The average Bonchev–Trinajstić information content (AvgIpc) is 3.34. The Hall–Kier alpha value is -1.78. The lowest BCUT2D eigenvalue weighted by Gasteiger charge is -2.18. The van der Waals surface area contributed by atoms with Gasteiger partial charge in [0.05, 0.1) is 11.8 Å². The zero-order valence-corrected chi connectivity index (χ0v) is 13.5. The summed E-state index contributed by atoms with van der Waals surface area (Å²) >= 11 is 0. The van der Waals surface area contributed by atoms with Crippen LogP contribution in [0, 0.1) is 17.2 Å². The van der Waals surface area contributed by atoms with Crippen LogP contribution in [0.4, 0.5) is 0 Å². The normalized spacial score (nSPS) is 16.3. The Morgan fingerprint density at radius 2 is 2.05 bits per heavy atom. The molecule has 0 bridgehead atoms. The minimum Gasteiger partial charge on any atom is -0.297 e. The molecule has 0 radical (unpaired) electrons. The third-order valence-corrected chi connectivity index (χ3v) is 5.82. The van der Waals surface area contributed by atoms with Crippen molar-refractivity contribution in [1.29, 1.82) is 5.26 Å². The molecule has 22 heavy (non-hydrogen) atoms. The molecule has 0 aromatic carbocycles. The molecule has 0 unspecified atom stereocenters. The van der Waals surface area contributed by atoms with Crippen LogP contribution in [0.3, 0.4) is 0 Å². The lowest BCUT2D eigenvalue weighted by molar-refractivity contribution is -0.120. The first kappa shape index (κ1) is 16.6. The van der Waals surface area contributed by atoms with Crippen molar-refractivity contribution < 1.29 is 13.2 Å². The summed E-state index contributed by atoms with van der Waals surface area (Å²) in [7, 11) is -3.57. The van der Waals surface area contributed by atoms with Crippen molar-refractivity contribution in [2.45, 2.75) is 37.5 Å². The summed E-state index contributed by atoms with van der Waals surface area (Å²) in [4.78, 5) is 16.2. The summed E-state index contributed by atoms with van der Waals surface area (Å²) < 4.78 is 26.0. The van der Waals surface area contributed by atoms with E-state index in [4.69, 9.17) is 0 Å². The molecular formula is C15H19N3O3S. The van der Waals surface area contributed by atoms with Crippen LogP contribution in [-0.4, -0.2) is 36.6 Å². The smallest absolute Gasteiger partial charge is 0.244 e. The molecule has 0 saturated heterocycles. The van der Waals surface area contributed by atoms with E-state index in [1.807, 2.05) is 6.07 Å². The van der Waals surface area contributed by atoms with Crippen molar-refractivity contribution in [3.05, 3.63) is 24.0 Å². The van der Waals surface area contributed by atoms with Crippen LogP contribution in [0.15, 0.2) is 23.2 Å². The molecule has 1 aromatic heterocycles. The first-order valence-electron chi connectivity index (χ1n) is 7.35. The van der Waals surface area contributed by atoms with Gasteiger partial charge in [-0.25, -0.2) is 8.42 Å². The third-order valence-electron chi connectivity index (χ3n) is 3.79. The van der Waals surface area contributed by atoms with Gasteiger partial charge in [0.25, 0.3) is 0 Å². The number of nitriles is 1. The number of rotatable bonds is 7. The first-order chi connectivity index (χ1) is 10.5. The van der Waals surface area contributed by atoms with Crippen molar-refractivity contribution in [1.82, 2.24) is 9.29 Å².